The van der Waals surface area contributed by atoms with Gasteiger partial charge in [0.2, 0.25) is 0 Å². The molecular weight excluding hydrogens is 234 g/mol. The van der Waals surface area contributed by atoms with Gasteiger partial charge in [0.05, 0.1) is 13.2 Å². The van der Waals surface area contributed by atoms with Crippen LogP contribution in [0.15, 0.2) is 17.5 Å². The number of ether oxygens (including phenoxy) is 1. The van der Waals surface area contributed by atoms with Gasteiger partial charge >= 0.3 is 5.97 Å². The Hall–Kier alpha value is -0.870. The molecule has 1 aromatic rings. The molecule has 1 aliphatic rings. The van der Waals surface area contributed by atoms with Gasteiger partial charge in [0.25, 0.3) is 0 Å². The van der Waals surface area contributed by atoms with Crippen molar-refractivity contribution in [2.45, 2.75) is 38.1 Å². The summed E-state index contributed by atoms with van der Waals surface area (Å²) in [6.45, 7) is 0.848. The average molecular weight is 253 g/mol. The van der Waals surface area contributed by atoms with Gasteiger partial charge in [0.1, 0.15) is 0 Å². The summed E-state index contributed by atoms with van der Waals surface area (Å²) in [6.07, 6.45) is 5.79. The maximum Gasteiger partial charge on any atom is 0.319 e. The first-order valence-corrected chi connectivity index (χ1v) is 7.14. The van der Waals surface area contributed by atoms with Crippen molar-refractivity contribution in [3.8, 4) is 0 Å². The molecule has 17 heavy (non-hydrogen) atoms. The molecule has 0 unspecified atom stereocenters. The fraction of sp³-hybridized carbons (Fsp3) is 0.615. The van der Waals surface area contributed by atoms with E-state index >= 15 is 0 Å². The Morgan fingerprint density at radius 3 is 3.00 bits per heavy atom. The van der Waals surface area contributed by atoms with Crippen molar-refractivity contribution in [2.75, 3.05) is 13.2 Å². The van der Waals surface area contributed by atoms with Crippen LogP contribution in [0.4, 0.5) is 0 Å². The first kappa shape index (κ1) is 12.6. The predicted octanol–water partition coefficient (Wildman–Crippen LogP) is 2.37. The van der Waals surface area contributed by atoms with Crippen LogP contribution in [-0.2, 0) is 16.0 Å². The Morgan fingerprint density at radius 1 is 1.47 bits per heavy atom. The summed E-state index contributed by atoms with van der Waals surface area (Å²) in [4.78, 5) is 12.7. The van der Waals surface area contributed by atoms with E-state index in [1.807, 2.05) is 11.4 Å². The first-order chi connectivity index (χ1) is 8.34. The molecule has 0 aliphatic heterocycles. The molecule has 1 heterocycles. The Bertz CT molecular complexity index is 331. The zero-order valence-electron chi connectivity index (χ0n) is 9.98. The maximum absolute atomic E-state index is 11.4. The van der Waals surface area contributed by atoms with Crippen molar-refractivity contribution >= 4 is 17.3 Å². The van der Waals surface area contributed by atoms with Crippen molar-refractivity contribution in [1.82, 2.24) is 5.32 Å². The fourth-order valence-corrected chi connectivity index (χ4v) is 2.82. The van der Waals surface area contributed by atoms with E-state index in [0.717, 1.165) is 6.42 Å². The normalized spacial score (nSPS) is 16.2. The second-order valence-corrected chi connectivity index (χ2v) is 5.44. The Kier molecular flexibility index (Phi) is 5.01. The minimum atomic E-state index is -0.131. The van der Waals surface area contributed by atoms with Crippen molar-refractivity contribution in [1.29, 1.82) is 0 Å². The molecule has 0 radical (unpaired) electrons. The van der Waals surface area contributed by atoms with Crippen molar-refractivity contribution in [3.05, 3.63) is 22.4 Å². The molecule has 1 fully saturated rings. The third-order valence-electron chi connectivity index (χ3n) is 3.08. The van der Waals surface area contributed by atoms with Gasteiger partial charge in [-0.1, -0.05) is 18.9 Å². The lowest BCUT2D eigenvalue weighted by atomic mass is 10.2. The number of hydrogen-bond acceptors (Lipinski definition) is 4. The SMILES string of the molecule is O=C(CNC1CCCC1)OCCc1cccs1. The summed E-state index contributed by atoms with van der Waals surface area (Å²) < 4.78 is 5.18. The van der Waals surface area contributed by atoms with Gasteiger partial charge in [-0.3, -0.25) is 4.79 Å². The van der Waals surface area contributed by atoms with Gasteiger partial charge in [-0.25, -0.2) is 0 Å². The van der Waals surface area contributed by atoms with Gasteiger partial charge in [0.15, 0.2) is 0 Å². The monoisotopic (exact) mass is 253 g/mol. The molecule has 0 atom stereocenters. The first-order valence-electron chi connectivity index (χ1n) is 6.26. The topological polar surface area (TPSA) is 38.3 Å². The summed E-state index contributed by atoms with van der Waals surface area (Å²) in [7, 11) is 0. The molecular formula is C13H19NO2S. The standard InChI is InChI=1S/C13H19NO2S/c15-13(10-14-11-4-1-2-5-11)16-8-7-12-6-3-9-17-12/h3,6,9,11,14H,1-2,4-5,7-8,10H2. The number of rotatable bonds is 6. The van der Waals surface area contributed by atoms with Crippen molar-refractivity contribution < 1.29 is 9.53 Å². The average Bonchev–Trinajstić information content (AvgIpc) is 2.99. The van der Waals surface area contributed by atoms with Crippen LogP contribution >= 0.6 is 11.3 Å². The van der Waals surface area contributed by atoms with Crippen LogP contribution in [0.1, 0.15) is 30.6 Å². The summed E-state index contributed by atoms with van der Waals surface area (Å²) in [5, 5.41) is 5.29. The predicted molar refractivity (Wildman–Crippen MR) is 69.2 cm³/mol. The molecule has 1 aromatic heterocycles. The van der Waals surface area contributed by atoms with Gasteiger partial charge in [-0.2, -0.15) is 0 Å². The molecule has 0 amide bonds. The third kappa shape index (κ3) is 4.48. The molecule has 2 rings (SSSR count). The van der Waals surface area contributed by atoms with E-state index in [9.17, 15) is 4.79 Å². The van der Waals surface area contributed by atoms with Crippen LogP contribution in [0.2, 0.25) is 0 Å². The second-order valence-electron chi connectivity index (χ2n) is 4.41. The van der Waals surface area contributed by atoms with Gasteiger partial charge in [-0.15, -0.1) is 11.3 Å². The van der Waals surface area contributed by atoms with E-state index in [2.05, 4.69) is 11.4 Å². The van der Waals surface area contributed by atoms with Crippen LogP contribution in [-0.4, -0.2) is 25.2 Å². The highest BCUT2D eigenvalue weighted by atomic mass is 32.1. The van der Waals surface area contributed by atoms with E-state index < -0.39 is 0 Å². The van der Waals surface area contributed by atoms with Gasteiger partial charge in [0, 0.05) is 17.3 Å². The highest BCUT2D eigenvalue weighted by molar-refractivity contribution is 7.09. The molecule has 94 valence electrons. The van der Waals surface area contributed by atoms with E-state index in [0.29, 0.717) is 19.2 Å². The zero-order valence-corrected chi connectivity index (χ0v) is 10.8. The Balaban J connectivity index is 1.54. The Labute approximate surface area is 106 Å². The lowest BCUT2D eigenvalue weighted by Gasteiger charge is -2.10. The van der Waals surface area contributed by atoms with E-state index in [1.54, 1.807) is 11.3 Å². The lowest BCUT2D eigenvalue weighted by Crippen LogP contribution is -2.32. The molecule has 0 aromatic carbocycles. The highest BCUT2D eigenvalue weighted by Gasteiger charge is 2.15. The van der Waals surface area contributed by atoms with Crippen LogP contribution in [0.3, 0.4) is 0 Å². The van der Waals surface area contributed by atoms with Gasteiger partial charge in [-0.05, 0) is 24.3 Å². The van der Waals surface area contributed by atoms with Gasteiger partial charge < -0.3 is 10.1 Å². The lowest BCUT2D eigenvalue weighted by molar-refractivity contribution is -0.142. The summed E-state index contributed by atoms with van der Waals surface area (Å²) in [5.41, 5.74) is 0. The summed E-state index contributed by atoms with van der Waals surface area (Å²) in [6, 6.07) is 4.61. The Morgan fingerprint density at radius 2 is 2.29 bits per heavy atom. The van der Waals surface area contributed by atoms with Crippen molar-refractivity contribution in [3.63, 3.8) is 0 Å². The maximum atomic E-state index is 11.4. The minimum Gasteiger partial charge on any atom is -0.464 e. The van der Waals surface area contributed by atoms with E-state index in [4.69, 9.17) is 4.74 Å². The molecule has 4 heteroatoms. The summed E-state index contributed by atoms with van der Waals surface area (Å²) >= 11 is 1.70. The third-order valence-corrected chi connectivity index (χ3v) is 4.02. The molecule has 0 bridgehead atoms. The second kappa shape index (κ2) is 6.77. The smallest absolute Gasteiger partial charge is 0.319 e. The number of thiophene rings is 1. The zero-order chi connectivity index (χ0) is 11.9. The molecule has 1 aliphatic carbocycles. The molecule has 0 saturated heterocycles. The van der Waals surface area contributed by atoms with E-state index in [-0.39, 0.29) is 5.97 Å². The number of carbonyl (C=O) groups is 1. The molecule has 1 N–H and O–H groups in total. The minimum absolute atomic E-state index is 0.131. The molecule has 1 saturated carbocycles. The number of carbonyl (C=O) groups excluding carboxylic acids is 1. The van der Waals surface area contributed by atoms with Crippen LogP contribution in [0.5, 0.6) is 0 Å². The number of nitrogens with one attached hydrogen (secondary N) is 1. The molecule has 0 spiro atoms. The number of hydrogen-bond donors (Lipinski definition) is 1. The quantitative estimate of drug-likeness (QED) is 0.791. The van der Waals surface area contributed by atoms with Crippen molar-refractivity contribution in [2.24, 2.45) is 0 Å². The number of esters is 1. The highest BCUT2D eigenvalue weighted by Crippen LogP contribution is 2.17. The van der Waals surface area contributed by atoms with Crippen LogP contribution in [0, 0.1) is 0 Å². The molecule has 3 nitrogen and oxygen atoms in total. The fourth-order valence-electron chi connectivity index (χ4n) is 2.13. The van der Waals surface area contributed by atoms with Crippen LogP contribution < -0.4 is 5.32 Å². The van der Waals surface area contributed by atoms with E-state index in [1.165, 1.54) is 30.6 Å². The van der Waals surface area contributed by atoms with Crippen LogP contribution in [0.25, 0.3) is 0 Å². The summed E-state index contributed by atoms with van der Waals surface area (Å²) in [5.74, 6) is -0.131. The largest absolute Gasteiger partial charge is 0.464 e.